The van der Waals surface area contributed by atoms with Crippen molar-refractivity contribution in [1.82, 2.24) is 30.8 Å². The van der Waals surface area contributed by atoms with Crippen molar-refractivity contribution in [2.24, 2.45) is 0 Å². The standard InChI is InChI=1S/C19H23FN6/c1-13-10-22-6-7-26(13)19-2-3-21-12-18(19)25-11-14-8-16-17(9-15(14)20)24-5-4-23-16/h2,4-5,8-9,12-13,21-22,25H,3,6-7,10-11H2,1H3. The highest BCUT2D eigenvalue weighted by atomic mass is 19.1. The van der Waals surface area contributed by atoms with E-state index < -0.39 is 0 Å². The van der Waals surface area contributed by atoms with Gasteiger partial charge in [0.2, 0.25) is 0 Å². The van der Waals surface area contributed by atoms with Gasteiger partial charge < -0.3 is 20.9 Å². The summed E-state index contributed by atoms with van der Waals surface area (Å²) in [6.07, 6.45) is 7.36. The van der Waals surface area contributed by atoms with Crippen molar-refractivity contribution < 1.29 is 4.39 Å². The molecule has 0 bridgehead atoms. The molecule has 136 valence electrons. The Morgan fingerprint density at radius 1 is 1.27 bits per heavy atom. The molecule has 2 aliphatic heterocycles. The van der Waals surface area contributed by atoms with Crippen LogP contribution in [0.15, 0.2) is 48.2 Å². The van der Waals surface area contributed by atoms with E-state index in [9.17, 15) is 4.39 Å². The second-order valence-corrected chi connectivity index (χ2v) is 6.64. The number of hydrogen-bond donors (Lipinski definition) is 3. The number of benzene rings is 1. The van der Waals surface area contributed by atoms with Crippen LogP contribution in [0, 0.1) is 5.82 Å². The topological polar surface area (TPSA) is 65.1 Å². The van der Waals surface area contributed by atoms with Gasteiger partial charge in [-0.15, -0.1) is 0 Å². The number of fused-ring (bicyclic) bond motifs is 1. The van der Waals surface area contributed by atoms with E-state index in [0.29, 0.717) is 29.2 Å². The van der Waals surface area contributed by atoms with Crippen molar-refractivity contribution in [3.63, 3.8) is 0 Å². The van der Waals surface area contributed by atoms with Crippen molar-refractivity contribution in [2.45, 2.75) is 19.5 Å². The molecule has 1 atom stereocenters. The van der Waals surface area contributed by atoms with Gasteiger partial charge in [0.25, 0.3) is 0 Å². The molecule has 0 amide bonds. The average Bonchev–Trinajstić information content (AvgIpc) is 2.67. The maximum atomic E-state index is 14.4. The fraction of sp³-hybridized carbons (Fsp3) is 0.368. The molecule has 2 aliphatic rings. The average molecular weight is 354 g/mol. The summed E-state index contributed by atoms with van der Waals surface area (Å²) in [5, 5.41) is 10.0. The number of nitrogens with zero attached hydrogens (tertiary/aromatic N) is 3. The van der Waals surface area contributed by atoms with Crippen molar-refractivity contribution in [3.8, 4) is 0 Å². The number of rotatable bonds is 4. The van der Waals surface area contributed by atoms with Crippen LogP contribution >= 0.6 is 0 Å². The second kappa shape index (κ2) is 7.29. The summed E-state index contributed by atoms with van der Waals surface area (Å²) in [6, 6.07) is 3.63. The molecule has 0 radical (unpaired) electrons. The summed E-state index contributed by atoms with van der Waals surface area (Å²) in [6.45, 7) is 6.32. The molecule has 1 aromatic carbocycles. The van der Waals surface area contributed by atoms with E-state index in [-0.39, 0.29) is 5.82 Å². The normalized spacial score (nSPS) is 20.4. The van der Waals surface area contributed by atoms with Gasteiger partial charge in [-0.1, -0.05) is 0 Å². The molecule has 0 saturated carbocycles. The van der Waals surface area contributed by atoms with Crippen molar-refractivity contribution in [2.75, 3.05) is 26.2 Å². The smallest absolute Gasteiger partial charge is 0.130 e. The van der Waals surface area contributed by atoms with Gasteiger partial charge in [-0.25, -0.2) is 4.39 Å². The molecule has 1 unspecified atom stereocenters. The summed E-state index contributed by atoms with van der Waals surface area (Å²) >= 11 is 0. The van der Waals surface area contributed by atoms with Crippen LogP contribution < -0.4 is 16.0 Å². The molecule has 26 heavy (non-hydrogen) atoms. The molecule has 3 heterocycles. The van der Waals surface area contributed by atoms with Gasteiger partial charge in [0, 0.05) is 69.0 Å². The molecular weight excluding hydrogens is 331 g/mol. The van der Waals surface area contributed by atoms with Crippen LogP contribution in [0.4, 0.5) is 4.39 Å². The Kier molecular flexibility index (Phi) is 4.71. The zero-order valence-electron chi connectivity index (χ0n) is 14.8. The molecule has 1 fully saturated rings. The quantitative estimate of drug-likeness (QED) is 0.773. The van der Waals surface area contributed by atoms with Crippen LogP contribution in [-0.2, 0) is 6.54 Å². The lowest BCUT2D eigenvalue weighted by atomic mass is 10.1. The van der Waals surface area contributed by atoms with Crippen LogP contribution in [0.25, 0.3) is 11.0 Å². The highest BCUT2D eigenvalue weighted by Gasteiger charge is 2.23. The Morgan fingerprint density at radius 3 is 2.88 bits per heavy atom. The first-order chi connectivity index (χ1) is 12.7. The molecular formula is C19H23FN6. The predicted octanol–water partition coefficient (Wildman–Crippen LogP) is 1.48. The number of hydrogen-bond acceptors (Lipinski definition) is 6. The van der Waals surface area contributed by atoms with Crippen LogP contribution in [0.3, 0.4) is 0 Å². The summed E-state index contributed by atoms with van der Waals surface area (Å²) < 4.78 is 14.4. The SMILES string of the molecule is CC1CNCCN1C1=CCNC=C1NCc1cc2nccnc2cc1F. The van der Waals surface area contributed by atoms with Crippen LogP contribution in [0.5, 0.6) is 0 Å². The monoisotopic (exact) mass is 354 g/mol. The van der Waals surface area contributed by atoms with Crippen LogP contribution in [-0.4, -0.2) is 47.1 Å². The van der Waals surface area contributed by atoms with Crippen molar-refractivity contribution in [1.29, 1.82) is 0 Å². The summed E-state index contributed by atoms with van der Waals surface area (Å²) in [4.78, 5) is 10.8. The zero-order valence-corrected chi connectivity index (χ0v) is 14.8. The fourth-order valence-electron chi connectivity index (χ4n) is 3.47. The number of halogens is 1. The zero-order chi connectivity index (χ0) is 17.9. The van der Waals surface area contributed by atoms with E-state index in [2.05, 4.69) is 43.8 Å². The number of nitrogens with one attached hydrogen (secondary N) is 3. The van der Waals surface area contributed by atoms with Gasteiger partial charge in [-0.3, -0.25) is 9.97 Å². The molecule has 3 N–H and O–H groups in total. The van der Waals surface area contributed by atoms with Gasteiger partial charge in [-0.05, 0) is 19.1 Å². The van der Waals surface area contributed by atoms with E-state index in [0.717, 1.165) is 31.9 Å². The number of dihydropyridines is 1. The van der Waals surface area contributed by atoms with Crippen LogP contribution in [0.1, 0.15) is 12.5 Å². The third-order valence-electron chi connectivity index (χ3n) is 4.85. The van der Waals surface area contributed by atoms with Crippen molar-refractivity contribution >= 4 is 11.0 Å². The number of aromatic nitrogens is 2. The first kappa shape index (κ1) is 16.8. The molecule has 0 spiro atoms. The molecule has 6 nitrogen and oxygen atoms in total. The Morgan fingerprint density at radius 2 is 2.08 bits per heavy atom. The molecule has 1 saturated heterocycles. The fourth-order valence-corrected chi connectivity index (χ4v) is 3.47. The predicted molar refractivity (Wildman–Crippen MR) is 99.5 cm³/mol. The summed E-state index contributed by atoms with van der Waals surface area (Å²) in [7, 11) is 0. The third-order valence-corrected chi connectivity index (χ3v) is 4.85. The molecule has 2 aromatic rings. The largest absolute Gasteiger partial charge is 0.386 e. The van der Waals surface area contributed by atoms with Gasteiger partial charge in [0.15, 0.2) is 0 Å². The lowest BCUT2D eigenvalue weighted by molar-refractivity contribution is 0.223. The highest BCUT2D eigenvalue weighted by molar-refractivity contribution is 5.74. The van der Waals surface area contributed by atoms with Crippen molar-refractivity contribution in [3.05, 3.63) is 59.6 Å². The maximum Gasteiger partial charge on any atom is 0.130 e. The van der Waals surface area contributed by atoms with E-state index in [4.69, 9.17) is 0 Å². The minimum Gasteiger partial charge on any atom is -0.386 e. The molecule has 1 aromatic heterocycles. The highest BCUT2D eigenvalue weighted by Crippen LogP contribution is 2.21. The van der Waals surface area contributed by atoms with Gasteiger partial charge in [0.1, 0.15) is 5.82 Å². The Hall–Kier alpha value is -2.67. The minimum absolute atomic E-state index is 0.268. The summed E-state index contributed by atoms with van der Waals surface area (Å²) in [5.74, 6) is -0.268. The minimum atomic E-state index is -0.268. The second-order valence-electron chi connectivity index (χ2n) is 6.64. The Bertz CT molecular complexity index is 862. The first-order valence-corrected chi connectivity index (χ1v) is 8.97. The van der Waals surface area contributed by atoms with E-state index >= 15 is 0 Å². The molecule has 4 rings (SSSR count). The van der Waals surface area contributed by atoms with E-state index in [1.165, 1.54) is 11.8 Å². The van der Waals surface area contributed by atoms with Crippen LogP contribution in [0.2, 0.25) is 0 Å². The van der Waals surface area contributed by atoms with Gasteiger partial charge >= 0.3 is 0 Å². The lowest BCUT2D eigenvalue weighted by Crippen LogP contribution is -2.50. The van der Waals surface area contributed by atoms with Gasteiger partial charge in [0.05, 0.1) is 22.4 Å². The lowest BCUT2D eigenvalue weighted by Gasteiger charge is -2.39. The Balaban J connectivity index is 1.52. The van der Waals surface area contributed by atoms with Gasteiger partial charge in [-0.2, -0.15) is 0 Å². The molecule has 0 aliphatic carbocycles. The number of piperazine rings is 1. The summed E-state index contributed by atoms with van der Waals surface area (Å²) in [5.41, 5.74) is 4.02. The first-order valence-electron chi connectivity index (χ1n) is 8.97. The molecule has 7 heteroatoms. The van der Waals surface area contributed by atoms with E-state index in [1.54, 1.807) is 18.5 Å². The third kappa shape index (κ3) is 3.35. The maximum absolute atomic E-state index is 14.4. The Labute approximate surface area is 152 Å². The van der Waals surface area contributed by atoms with E-state index in [1.807, 2.05) is 6.20 Å².